The molecule has 0 unspecified atom stereocenters. The van der Waals surface area contributed by atoms with Crippen LogP contribution in [0.4, 0.5) is 0 Å². The number of nitrogens with zero attached hydrogens (tertiary/aromatic N) is 1. The number of nitrogens with one attached hydrogen (secondary N) is 2. The summed E-state index contributed by atoms with van der Waals surface area (Å²) in [6.07, 6.45) is 1.07. The van der Waals surface area contributed by atoms with Gasteiger partial charge in [-0.2, -0.15) is 0 Å². The molecule has 0 bridgehead atoms. The van der Waals surface area contributed by atoms with Crippen molar-refractivity contribution < 1.29 is 13.2 Å². The molecule has 0 aliphatic carbocycles. The van der Waals surface area contributed by atoms with E-state index in [1.54, 1.807) is 6.07 Å². The van der Waals surface area contributed by atoms with Crippen LogP contribution in [0, 0.1) is 0 Å². The van der Waals surface area contributed by atoms with E-state index in [1.165, 1.54) is 0 Å². The predicted octanol–water partition coefficient (Wildman–Crippen LogP) is 0.514. The highest BCUT2D eigenvalue weighted by Crippen LogP contribution is 2.11. The number of pyridine rings is 1. The molecule has 106 valence electrons. The summed E-state index contributed by atoms with van der Waals surface area (Å²) in [5.74, 6) is -0.328. The van der Waals surface area contributed by atoms with E-state index >= 15 is 0 Å². The fraction of sp³-hybridized carbons (Fsp3) is 0.231. The van der Waals surface area contributed by atoms with Gasteiger partial charge in [0.05, 0.1) is 11.8 Å². The van der Waals surface area contributed by atoms with Gasteiger partial charge in [-0.1, -0.05) is 24.3 Å². The van der Waals surface area contributed by atoms with Crippen molar-refractivity contribution >= 4 is 26.8 Å². The van der Waals surface area contributed by atoms with Gasteiger partial charge in [-0.25, -0.2) is 18.1 Å². The molecule has 0 aliphatic rings. The Bertz CT molecular complexity index is 728. The third kappa shape index (κ3) is 4.01. The molecule has 0 radical (unpaired) electrons. The third-order valence-corrected chi connectivity index (χ3v) is 3.33. The van der Waals surface area contributed by atoms with Gasteiger partial charge in [-0.05, 0) is 12.1 Å². The Morgan fingerprint density at radius 2 is 1.90 bits per heavy atom. The maximum absolute atomic E-state index is 11.9. The van der Waals surface area contributed by atoms with Crippen molar-refractivity contribution in [3.05, 3.63) is 42.1 Å². The number of aromatic nitrogens is 1. The predicted molar refractivity (Wildman–Crippen MR) is 76.9 cm³/mol. The zero-order valence-electron chi connectivity index (χ0n) is 11.0. The highest BCUT2D eigenvalue weighted by molar-refractivity contribution is 7.88. The van der Waals surface area contributed by atoms with Crippen LogP contribution in [0.1, 0.15) is 10.5 Å². The number of hydrogen-bond acceptors (Lipinski definition) is 4. The topological polar surface area (TPSA) is 88.2 Å². The molecule has 20 heavy (non-hydrogen) atoms. The van der Waals surface area contributed by atoms with E-state index in [0.717, 1.165) is 17.2 Å². The Balaban J connectivity index is 1.97. The van der Waals surface area contributed by atoms with Crippen LogP contribution in [0.3, 0.4) is 0 Å². The molecular weight excluding hydrogens is 278 g/mol. The summed E-state index contributed by atoms with van der Waals surface area (Å²) in [7, 11) is -3.23. The minimum Gasteiger partial charge on any atom is -0.349 e. The van der Waals surface area contributed by atoms with Crippen LogP contribution in [0.15, 0.2) is 36.4 Å². The second-order valence-electron chi connectivity index (χ2n) is 4.31. The van der Waals surface area contributed by atoms with Gasteiger partial charge < -0.3 is 5.32 Å². The lowest BCUT2D eigenvalue weighted by molar-refractivity contribution is 0.0949. The molecule has 1 amide bonds. The summed E-state index contributed by atoms with van der Waals surface area (Å²) in [5.41, 5.74) is 1.05. The maximum atomic E-state index is 11.9. The second-order valence-corrected chi connectivity index (χ2v) is 6.14. The smallest absolute Gasteiger partial charge is 0.269 e. The molecular formula is C13H15N3O3S. The Hall–Kier alpha value is -1.99. The number of sulfonamides is 1. The van der Waals surface area contributed by atoms with Crippen LogP contribution < -0.4 is 10.0 Å². The molecule has 0 saturated heterocycles. The summed E-state index contributed by atoms with van der Waals surface area (Å²) >= 11 is 0. The lowest BCUT2D eigenvalue weighted by atomic mass is 10.2. The second kappa shape index (κ2) is 5.98. The number of fused-ring (bicyclic) bond motifs is 1. The van der Waals surface area contributed by atoms with Crippen molar-refractivity contribution in [3.63, 3.8) is 0 Å². The number of benzene rings is 1. The Kier molecular flexibility index (Phi) is 4.31. The van der Waals surface area contributed by atoms with Gasteiger partial charge in [0.1, 0.15) is 5.69 Å². The van der Waals surface area contributed by atoms with Gasteiger partial charge >= 0.3 is 0 Å². The summed E-state index contributed by atoms with van der Waals surface area (Å²) in [4.78, 5) is 16.1. The van der Waals surface area contributed by atoms with Crippen molar-refractivity contribution in [2.24, 2.45) is 0 Å². The lowest BCUT2D eigenvalue weighted by Crippen LogP contribution is -2.34. The van der Waals surface area contributed by atoms with Gasteiger partial charge in [-0.15, -0.1) is 0 Å². The zero-order chi connectivity index (χ0) is 14.6. The van der Waals surface area contributed by atoms with E-state index in [9.17, 15) is 13.2 Å². The Morgan fingerprint density at radius 3 is 2.65 bits per heavy atom. The largest absolute Gasteiger partial charge is 0.349 e. The lowest BCUT2D eigenvalue weighted by Gasteiger charge is -2.06. The molecule has 0 spiro atoms. The molecule has 1 heterocycles. The average Bonchev–Trinajstić information content (AvgIpc) is 2.42. The fourth-order valence-electron chi connectivity index (χ4n) is 1.70. The van der Waals surface area contributed by atoms with E-state index in [0.29, 0.717) is 5.69 Å². The summed E-state index contributed by atoms with van der Waals surface area (Å²) in [6, 6.07) is 11.0. The average molecular weight is 293 g/mol. The van der Waals surface area contributed by atoms with Gasteiger partial charge in [-0.3, -0.25) is 4.79 Å². The zero-order valence-corrected chi connectivity index (χ0v) is 11.8. The van der Waals surface area contributed by atoms with Gasteiger partial charge in [0.2, 0.25) is 10.0 Å². The highest BCUT2D eigenvalue weighted by Gasteiger charge is 2.07. The number of carbonyl (C=O) groups is 1. The third-order valence-electron chi connectivity index (χ3n) is 2.61. The first kappa shape index (κ1) is 14.4. The van der Waals surface area contributed by atoms with Crippen LogP contribution in [-0.2, 0) is 10.0 Å². The molecule has 2 N–H and O–H groups in total. The first-order chi connectivity index (χ1) is 9.46. The van der Waals surface area contributed by atoms with E-state index in [4.69, 9.17) is 0 Å². The number of rotatable bonds is 5. The summed E-state index contributed by atoms with van der Waals surface area (Å²) in [6.45, 7) is 0.360. The molecule has 2 aromatic rings. The van der Waals surface area contributed by atoms with Crippen LogP contribution in [-0.4, -0.2) is 38.7 Å². The van der Waals surface area contributed by atoms with E-state index in [-0.39, 0.29) is 19.0 Å². The highest BCUT2D eigenvalue weighted by atomic mass is 32.2. The number of carbonyl (C=O) groups excluding carboxylic acids is 1. The van der Waals surface area contributed by atoms with Gasteiger partial charge in [0.15, 0.2) is 0 Å². The molecule has 0 atom stereocenters. The van der Waals surface area contributed by atoms with Crippen LogP contribution >= 0.6 is 0 Å². The van der Waals surface area contributed by atoms with E-state index in [2.05, 4.69) is 15.0 Å². The minimum atomic E-state index is -3.23. The molecule has 0 fully saturated rings. The molecule has 2 rings (SSSR count). The molecule has 1 aromatic heterocycles. The Labute approximate surface area is 117 Å². The monoisotopic (exact) mass is 293 g/mol. The first-order valence-corrected chi connectivity index (χ1v) is 7.93. The van der Waals surface area contributed by atoms with Crippen molar-refractivity contribution in [3.8, 4) is 0 Å². The van der Waals surface area contributed by atoms with E-state index < -0.39 is 10.0 Å². The minimum absolute atomic E-state index is 0.151. The van der Waals surface area contributed by atoms with Crippen LogP contribution in [0.25, 0.3) is 10.9 Å². The molecule has 0 saturated carbocycles. The molecule has 1 aromatic carbocycles. The quantitative estimate of drug-likeness (QED) is 0.786. The van der Waals surface area contributed by atoms with Gasteiger partial charge in [0, 0.05) is 18.5 Å². The molecule has 0 aliphatic heterocycles. The number of hydrogen-bond donors (Lipinski definition) is 2. The number of amides is 1. The van der Waals surface area contributed by atoms with Crippen molar-refractivity contribution in [1.29, 1.82) is 0 Å². The normalized spacial score (nSPS) is 11.4. The van der Waals surface area contributed by atoms with E-state index in [1.807, 2.05) is 30.3 Å². The van der Waals surface area contributed by atoms with Crippen molar-refractivity contribution in [2.75, 3.05) is 19.3 Å². The van der Waals surface area contributed by atoms with Crippen LogP contribution in [0.5, 0.6) is 0 Å². The Morgan fingerprint density at radius 1 is 1.15 bits per heavy atom. The van der Waals surface area contributed by atoms with Crippen molar-refractivity contribution in [2.45, 2.75) is 0 Å². The molecule has 6 nitrogen and oxygen atoms in total. The standard InChI is InChI=1S/C13H15N3O3S/c1-20(18,19)15-9-8-14-13(17)12-7-6-10-4-2-3-5-11(10)16-12/h2-7,15H,8-9H2,1H3,(H,14,17). The van der Waals surface area contributed by atoms with Crippen molar-refractivity contribution in [1.82, 2.24) is 15.0 Å². The maximum Gasteiger partial charge on any atom is 0.269 e. The summed E-state index contributed by atoms with van der Waals surface area (Å²) in [5, 5.41) is 3.57. The number of para-hydroxylation sites is 1. The van der Waals surface area contributed by atoms with Gasteiger partial charge in [0.25, 0.3) is 5.91 Å². The summed E-state index contributed by atoms with van der Waals surface area (Å²) < 4.78 is 24.0. The fourth-order valence-corrected chi connectivity index (χ4v) is 2.17. The first-order valence-electron chi connectivity index (χ1n) is 6.04. The molecule has 7 heteroatoms. The van der Waals surface area contributed by atoms with Crippen LogP contribution in [0.2, 0.25) is 0 Å². The SMILES string of the molecule is CS(=O)(=O)NCCNC(=O)c1ccc2ccccc2n1.